The maximum absolute atomic E-state index is 5.65. The summed E-state index contributed by atoms with van der Waals surface area (Å²) in [4.78, 5) is 7.04. The number of nitrogens with zero attached hydrogens (tertiary/aromatic N) is 2. The van der Waals surface area contributed by atoms with Gasteiger partial charge in [0.2, 0.25) is 0 Å². The van der Waals surface area contributed by atoms with Crippen molar-refractivity contribution in [1.29, 1.82) is 0 Å². The van der Waals surface area contributed by atoms with Gasteiger partial charge >= 0.3 is 0 Å². The Balaban J connectivity index is 2.02. The first-order valence-electron chi connectivity index (χ1n) is 9.13. The minimum absolute atomic E-state index is 0.0319. The van der Waals surface area contributed by atoms with Crippen LogP contribution in [0, 0.1) is 12.3 Å². The Morgan fingerprint density at radius 1 is 1.12 bits per heavy atom. The zero-order chi connectivity index (χ0) is 18.7. The molecule has 134 valence electrons. The summed E-state index contributed by atoms with van der Waals surface area (Å²) in [6.07, 6.45) is 7.28. The fraction of sp³-hybridized carbons (Fsp3) is 0.348. The third-order valence-corrected chi connectivity index (χ3v) is 4.71. The largest absolute Gasteiger partial charge is 0.481 e. The van der Waals surface area contributed by atoms with Crippen LogP contribution < -0.4 is 9.64 Å². The van der Waals surface area contributed by atoms with Crippen LogP contribution in [-0.2, 0) is 0 Å². The molecule has 0 spiro atoms. The molecule has 3 rings (SSSR count). The van der Waals surface area contributed by atoms with Gasteiger partial charge in [0.25, 0.3) is 0 Å². The molecule has 0 fully saturated rings. The summed E-state index contributed by atoms with van der Waals surface area (Å²) in [6.45, 7) is 9.01. The second-order valence-corrected chi connectivity index (χ2v) is 7.20. The summed E-state index contributed by atoms with van der Waals surface area (Å²) in [5.74, 6) is 3.82. The van der Waals surface area contributed by atoms with Crippen LogP contribution in [0.2, 0.25) is 0 Å². The van der Waals surface area contributed by atoms with Gasteiger partial charge in [0, 0.05) is 17.3 Å². The van der Waals surface area contributed by atoms with E-state index in [1.54, 1.807) is 0 Å². The lowest BCUT2D eigenvalue weighted by Crippen LogP contribution is -2.33. The van der Waals surface area contributed by atoms with E-state index in [1.165, 1.54) is 16.8 Å². The van der Waals surface area contributed by atoms with Gasteiger partial charge in [0.05, 0.1) is 6.34 Å². The second kappa shape index (κ2) is 7.66. The Morgan fingerprint density at radius 2 is 1.85 bits per heavy atom. The molecular weight excluding hydrogens is 320 g/mol. The molecule has 3 heteroatoms. The van der Waals surface area contributed by atoms with E-state index >= 15 is 0 Å². The molecule has 0 aromatic heterocycles. The van der Waals surface area contributed by atoms with Crippen molar-refractivity contribution in [3.05, 3.63) is 59.2 Å². The van der Waals surface area contributed by atoms with E-state index in [1.807, 2.05) is 12.4 Å². The van der Waals surface area contributed by atoms with E-state index in [0.717, 1.165) is 11.3 Å². The topological polar surface area (TPSA) is 24.8 Å². The SMILES string of the molecule is C#CCOc1ccc2c(c1)C(c1ccc(C(C)C)cc1)N=CN2C(C)C. The van der Waals surface area contributed by atoms with Crippen LogP contribution in [0.1, 0.15) is 56.3 Å². The van der Waals surface area contributed by atoms with Crippen molar-refractivity contribution in [2.45, 2.75) is 45.7 Å². The molecule has 1 unspecified atom stereocenters. The smallest absolute Gasteiger partial charge is 0.148 e. The highest BCUT2D eigenvalue weighted by Gasteiger charge is 2.25. The third kappa shape index (κ3) is 3.60. The Hall–Kier alpha value is -2.73. The van der Waals surface area contributed by atoms with Crippen LogP contribution in [0.25, 0.3) is 0 Å². The number of terminal acetylenes is 1. The van der Waals surface area contributed by atoms with E-state index in [-0.39, 0.29) is 12.6 Å². The average molecular weight is 346 g/mol. The van der Waals surface area contributed by atoms with Gasteiger partial charge in [-0.15, -0.1) is 6.42 Å². The molecule has 1 heterocycles. The van der Waals surface area contributed by atoms with Gasteiger partial charge in [-0.1, -0.05) is 44.0 Å². The summed E-state index contributed by atoms with van der Waals surface area (Å²) in [7, 11) is 0. The number of anilines is 1. The molecule has 1 aliphatic heterocycles. The number of rotatable bonds is 5. The Morgan fingerprint density at radius 3 is 2.46 bits per heavy atom. The van der Waals surface area contributed by atoms with Crippen molar-refractivity contribution >= 4 is 12.0 Å². The molecule has 0 bridgehead atoms. The first-order valence-corrected chi connectivity index (χ1v) is 9.13. The summed E-state index contributed by atoms with van der Waals surface area (Å²) in [5.41, 5.74) is 4.84. The number of aliphatic imine (C=N–C) groups is 1. The number of hydrogen-bond donors (Lipinski definition) is 0. The number of fused-ring (bicyclic) bond motifs is 1. The van der Waals surface area contributed by atoms with Crippen LogP contribution >= 0.6 is 0 Å². The van der Waals surface area contributed by atoms with Crippen molar-refractivity contribution in [1.82, 2.24) is 0 Å². The molecule has 1 atom stereocenters. The molecule has 0 amide bonds. The Labute approximate surface area is 156 Å². The average Bonchev–Trinajstić information content (AvgIpc) is 2.65. The summed E-state index contributed by atoms with van der Waals surface area (Å²) in [6, 6.07) is 15.2. The van der Waals surface area contributed by atoms with Crippen LogP contribution in [0.4, 0.5) is 5.69 Å². The highest BCUT2D eigenvalue weighted by atomic mass is 16.5. The Bertz CT molecular complexity index is 828. The predicted octanol–water partition coefficient (Wildman–Crippen LogP) is 5.17. The number of benzene rings is 2. The van der Waals surface area contributed by atoms with Crippen molar-refractivity contribution in [3.8, 4) is 18.1 Å². The van der Waals surface area contributed by atoms with E-state index in [4.69, 9.17) is 16.2 Å². The fourth-order valence-electron chi connectivity index (χ4n) is 3.22. The van der Waals surface area contributed by atoms with E-state index in [0.29, 0.717) is 12.0 Å². The Kier molecular flexibility index (Phi) is 5.32. The van der Waals surface area contributed by atoms with Gasteiger partial charge in [-0.25, -0.2) is 0 Å². The molecule has 26 heavy (non-hydrogen) atoms. The molecule has 2 aromatic rings. The summed E-state index contributed by atoms with van der Waals surface area (Å²) < 4.78 is 5.65. The number of hydrogen-bond acceptors (Lipinski definition) is 3. The molecule has 2 aromatic carbocycles. The molecule has 1 aliphatic rings. The quantitative estimate of drug-likeness (QED) is 0.698. The van der Waals surface area contributed by atoms with Crippen LogP contribution in [0.5, 0.6) is 5.75 Å². The number of ether oxygens (including phenoxy) is 1. The third-order valence-electron chi connectivity index (χ3n) is 4.71. The zero-order valence-corrected chi connectivity index (χ0v) is 15.9. The molecular formula is C23H26N2O. The minimum atomic E-state index is -0.0319. The molecule has 0 saturated heterocycles. The molecule has 0 aliphatic carbocycles. The van der Waals surface area contributed by atoms with Gasteiger partial charge in [0.15, 0.2) is 0 Å². The normalized spacial score (nSPS) is 15.9. The predicted molar refractivity (Wildman–Crippen MR) is 109 cm³/mol. The minimum Gasteiger partial charge on any atom is -0.481 e. The van der Waals surface area contributed by atoms with E-state index in [2.05, 4.69) is 74.9 Å². The fourth-order valence-corrected chi connectivity index (χ4v) is 3.22. The van der Waals surface area contributed by atoms with Crippen LogP contribution in [0.15, 0.2) is 47.5 Å². The lowest BCUT2D eigenvalue weighted by molar-refractivity contribution is 0.370. The standard InChI is InChI=1S/C23H26N2O/c1-6-13-26-20-11-12-22-21(14-20)23(24-15-25(22)17(4)5)19-9-7-18(8-10-19)16(2)3/h1,7-12,14-17,23H,13H2,2-5H3. The van der Waals surface area contributed by atoms with Crippen molar-refractivity contribution in [2.75, 3.05) is 11.5 Å². The molecule has 0 radical (unpaired) electrons. The van der Waals surface area contributed by atoms with E-state index in [9.17, 15) is 0 Å². The summed E-state index contributed by atoms with van der Waals surface area (Å²) in [5, 5.41) is 0. The van der Waals surface area contributed by atoms with Gasteiger partial charge < -0.3 is 9.64 Å². The first-order chi connectivity index (χ1) is 12.5. The molecule has 3 nitrogen and oxygen atoms in total. The van der Waals surface area contributed by atoms with Gasteiger partial charge in [-0.05, 0) is 49.1 Å². The van der Waals surface area contributed by atoms with Gasteiger partial charge in [-0.3, -0.25) is 4.99 Å². The van der Waals surface area contributed by atoms with Gasteiger partial charge in [-0.2, -0.15) is 0 Å². The van der Waals surface area contributed by atoms with E-state index < -0.39 is 0 Å². The van der Waals surface area contributed by atoms with Crippen molar-refractivity contribution in [2.24, 2.45) is 4.99 Å². The maximum atomic E-state index is 5.65. The lowest BCUT2D eigenvalue weighted by atomic mass is 9.93. The first kappa shape index (κ1) is 18.1. The second-order valence-electron chi connectivity index (χ2n) is 7.20. The zero-order valence-electron chi connectivity index (χ0n) is 15.9. The molecule has 0 saturated carbocycles. The van der Waals surface area contributed by atoms with Crippen molar-refractivity contribution in [3.63, 3.8) is 0 Å². The maximum Gasteiger partial charge on any atom is 0.148 e. The van der Waals surface area contributed by atoms with Crippen LogP contribution in [0.3, 0.4) is 0 Å². The van der Waals surface area contributed by atoms with Crippen molar-refractivity contribution < 1.29 is 4.74 Å². The van der Waals surface area contributed by atoms with Crippen LogP contribution in [-0.4, -0.2) is 19.0 Å². The summed E-state index contributed by atoms with van der Waals surface area (Å²) >= 11 is 0. The highest BCUT2D eigenvalue weighted by Crippen LogP contribution is 2.39. The van der Waals surface area contributed by atoms with Gasteiger partial charge in [0.1, 0.15) is 18.4 Å². The monoisotopic (exact) mass is 346 g/mol. The molecule has 0 N–H and O–H groups in total. The lowest BCUT2D eigenvalue weighted by Gasteiger charge is -2.33. The highest BCUT2D eigenvalue weighted by molar-refractivity contribution is 5.85.